The Balaban J connectivity index is 2.11. The molecule has 0 aromatic heterocycles. The molecular formula is C19H28N2O4. The van der Waals surface area contributed by atoms with E-state index in [1.807, 2.05) is 45.9 Å². The van der Waals surface area contributed by atoms with Gasteiger partial charge in [0.15, 0.2) is 0 Å². The number of carbonyl (C=O) groups is 2. The second-order valence-corrected chi connectivity index (χ2v) is 6.39. The maximum atomic E-state index is 12.6. The number of imide groups is 1. The second-order valence-electron chi connectivity index (χ2n) is 6.39. The molecule has 6 nitrogen and oxygen atoms in total. The van der Waals surface area contributed by atoms with Crippen LogP contribution in [-0.4, -0.2) is 42.7 Å². The van der Waals surface area contributed by atoms with Gasteiger partial charge in [0.2, 0.25) is 0 Å². The average Bonchev–Trinajstić information content (AvgIpc) is 2.88. The quantitative estimate of drug-likeness (QED) is 0.550. The van der Waals surface area contributed by atoms with Gasteiger partial charge in [0.05, 0.1) is 13.2 Å². The number of amides is 3. The van der Waals surface area contributed by atoms with Crippen molar-refractivity contribution < 1.29 is 19.1 Å². The van der Waals surface area contributed by atoms with Crippen molar-refractivity contribution in [3.8, 4) is 5.75 Å². The second kappa shape index (κ2) is 8.85. The van der Waals surface area contributed by atoms with Crippen LogP contribution in [0.15, 0.2) is 18.2 Å². The SMILES string of the molecule is CCOCCOc1cc(C)ccc1CN1C(=O)N[C@H]([C@@H](C)CC)C1=O. The molecule has 3 amide bonds. The lowest BCUT2D eigenvalue weighted by Gasteiger charge is -2.18. The van der Waals surface area contributed by atoms with E-state index in [2.05, 4.69) is 5.32 Å². The summed E-state index contributed by atoms with van der Waals surface area (Å²) in [7, 11) is 0. The third kappa shape index (κ3) is 4.72. The fourth-order valence-electron chi connectivity index (χ4n) is 2.76. The van der Waals surface area contributed by atoms with E-state index in [1.54, 1.807) is 0 Å². The highest BCUT2D eigenvalue weighted by Gasteiger charge is 2.40. The first kappa shape index (κ1) is 19.2. The number of aryl methyl sites for hydroxylation is 1. The topological polar surface area (TPSA) is 67.9 Å². The summed E-state index contributed by atoms with van der Waals surface area (Å²) in [5.74, 6) is 0.633. The summed E-state index contributed by atoms with van der Waals surface area (Å²) in [6.07, 6.45) is 0.834. The molecule has 1 aliphatic heterocycles. The Kier molecular flexibility index (Phi) is 6.82. The number of rotatable bonds is 9. The van der Waals surface area contributed by atoms with Crippen molar-refractivity contribution >= 4 is 11.9 Å². The number of hydrogen-bond donors (Lipinski definition) is 1. The van der Waals surface area contributed by atoms with E-state index in [-0.39, 0.29) is 24.4 Å². The molecule has 1 aromatic rings. The van der Waals surface area contributed by atoms with Crippen LogP contribution in [0.4, 0.5) is 4.79 Å². The molecule has 0 radical (unpaired) electrons. The highest BCUT2D eigenvalue weighted by molar-refractivity contribution is 6.04. The molecule has 2 rings (SSSR count). The summed E-state index contributed by atoms with van der Waals surface area (Å²) < 4.78 is 11.1. The Morgan fingerprint density at radius 1 is 1.24 bits per heavy atom. The Bertz CT molecular complexity index is 617. The first-order valence-electron chi connectivity index (χ1n) is 8.89. The number of hydrogen-bond acceptors (Lipinski definition) is 4. The predicted molar refractivity (Wildman–Crippen MR) is 95.5 cm³/mol. The van der Waals surface area contributed by atoms with Gasteiger partial charge in [0.25, 0.3) is 5.91 Å². The Hall–Kier alpha value is -2.08. The molecule has 0 bridgehead atoms. The van der Waals surface area contributed by atoms with Crippen molar-refractivity contribution in [2.24, 2.45) is 5.92 Å². The summed E-state index contributed by atoms with van der Waals surface area (Å²) in [5.41, 5.74) is 1.88. The van der Waals surface area contributed by atoms with E-state index in [0.29, 0.717) is 25.6 Å². The average molecular weight is 348 g/mol. The van der Waals surface area contributed by atoms with Crippen molar-refractivity contribution in [2.75, 3.05) is 19.8 Å². The van der Waals surface area contributed by atoms with Crippen molar-refractivity contribution in [1.29, 1.82) is 0 Å². The van der Waals surface area contributed by atoms with Crippen LogP contribution < -0.4 is 10.1 Å². The van der Waals surface area contributed by atoms with Gasteiger partial charge in [-0.2, -0.15) is 0 Å². The molecule has 0 aliphatic carbocycles. The van der Waals surface area contributed by atoms with Crippen LogP contribution in [-0.2, 0) is 16.1 Å². The molecule has 0 saturated carbocycles. The van der Waals surface area contributed by atoms with E-state index >= 15 is 0 Å². The standard InChI is InChI=1S/C19H28N2O4/c1-5-14(4)17-18(22)21(19(23)20-17)12-15-8-7-13(3)11-16(15)25-10-9-24-6-2/h7-8,11,14,17H,5-6,9-10,12H2,1-4H3,(H,20,23)/t14-,17+/m0/s1. The van der Waals surface area contributed by atoms with Crippen LogP contribution in [0, 0.1) is 12.8 Å². The minimum atomic E-state index is -0.440. The van der Waals surface area contributed by atoms with Gasteiger partial charge < -0.3 is 14.8 Å². The third-order valence-electron chi connectivity index (χ3n) is 4.51. The van der Waals surface area contributed by atoms with Gasteiger partial charge in [-0.1, -0.05) is 32.4 Å². The fourth-order valence-corrected chi connectivity index (χ4v) is 2.76. The zero-order chi connectivity index (χ0) is 18.4. The lowest BCUT2D eigenvalue weighted by atomic mass is 9.99. The highest BCUT2D eigenvalue weighted by atomic mass is 16.5. The Morgan fingerprint density at radius 3 is 2.68 bits per heavy atom. The van der Waals surface area contributed by atoms with Crippen LogP contribution in [0.1, 0.15) is 38.3 Å². The number of benzene rings is 1. The molecule has 1 N–H and O–H groups in total. The molecule has 1 heterocycles. The van der Waals surface area contributed by atoms with Crippen LogP contribution in [0.5, 0.6) is 5.75 Å². The van der Waals surface area contributed by atoms with Gasteiger partial charge in [0, 0.05) is 12.2 Å². The molecule has 2 atom stereocenters. The maximum absolute atomic E-state index is 12.6. The number of carbonyl (C=O) groups excluding carboxylic acids is 2. The van der Waals surface area contributed by atoms with E-state index in [0.717, 1.165) is 17.5 Å². The minimum absolute atomic E-state index is 0.112. The normalized spacial score (nSPS) is 18.4. The lowest BCUT2D eigenvalue weighted by Crippen LogP contribution is -2.35. The van der Waals surface area contributed by atoms with Gasteiger partial charge >= 0.3 is 6.03 Å². The lowest BCUT2D eigenvalue weighted by molar-refractivity contribution is -0.128. The molecule has 138 valence electrons. The van der Waals surface area contributed by atoms with Gasteiger partial charge in [-0.25, -0.2) is 4.79 Å². The summed E-state index contributed by atoms with van der Waals surface area (Å²) in [4.78, 5) is 26.1. The summed E-state index contributed by atoms with van der Waals surface area (Å²) >= 11 is 0. The predicted octanol–water partition coefficient (Wildman–Crippen LogP) is 2.88. The molecule has 0 spiro atoms. The van der Waals surface area contributed by atoms with E-state index < -0.39 is 6.04 Å². The molecule has 1 fully saturated rings. The van der Waals surface area contributed by atoms with Crippen molar-refractivity contribution in [1.82, 2.24) is 10.2 Å². The van der Waals surface area contributed by atoms with Gasteiger partial charge in [-0.15, -0.1) is 0 Å². The molecule has 1 saturated heterocycles. The fraction of sp³-hybridized carbons (Fsp3) is 0.579. The first-order chi connectivity index (χ1) is 12.0. The Labute approximate surface area is 149 Å². The zero-order valence-corrected chi connectivity index (χ0v) is 15.5. The van der Waals surface area contributed by atoms with E-state index in [9.17, 15) is 9.59 Å². The number of ether oxygens (including phenoxy) is 2. The van der Waals surface area contributed by atoms with Gasteiger partial charge in [-0.05, 0) is 31.4 Å². The van der Waals surface area contributed by atoms with Crippen molar-refractivity contribution in [3.63, 3.8) is 0 Å². The molecule has 1 aliphatic rings. The van der Waals surface area contributed by atoms with Crippen LogP contribution >= 0.6 is 0 Å². The third-order valence-corrected chi connectivity index (χ3v) is 4.51. The number of urea groups is 1. The number of nitrogens with one attached hydrogen (secondary N) is 1. The molecule has 0 unspecified atom stereocenters. The molecule has 1 aromatic carbocycles. The van der Waals surface area contributed by atoms with Crippen LogP contribution in [0.25, 0.3) is 0 Å². The maximum Gasteiger partial charge on any atom is 0.325 e. The van der Waals surface area contributed by atoms with Gasteiger partial charge in [0.1, 0.15) is 18.4 Å². The Morgan fingerprint density at radius 2 is 2.00 bits per heavy atom. The van der Waals surface area contributed by atoms with Crippen molar-refractivity contribution in [2.45, 2.75) is 46.7 Å². The molecule has 25 heavy (non-hydrogen) atoms. The minimum Gasteiger partial charge on any atom is -0.491 e. The monoisotopic (exact) mass is 348 g/mol. The van der Waals surface area contributed by atoms with E-state index in [1.165, 1.54) is 4.90 Å². The zero-order valence-electron chi connectivity index (χ0n) is 15.5. The van der Waals surface area contributed by atoms with Crippen molar-refractivity contribution in [3.05, 3.63) is 29.3 Å². The summed E-state index contributed by atoms with van der Waals surface area (Å²) in [6.45, 7) is 9.68. The largest absolute Gasteiger partial charge is 0.491 e. The van der Waals surface area contributed by atoms with Gasteiger partial charge in [-0.3, -0.25) is 9.69 Å². The smallest absolute Gasteiger partial charge is 0.325 e. The molecule has 6 heteroatoms. The molecular weight excluding hydrogens is 320 g/mol. The van der Waals surface area contributed by atoms with E-state index in [4.69, 9.17) is 9.47 Å². The summed E-state index contributed by atoms with van der Waals surface area (Å²) in [5, 5.41) is 2.79. The summed E-state index contributed by atoms with van der Waals surface area (Å²) in [6, 6.07) is 5.00. The van der Waals surface area contributed by atoms with Crippen LogP contribution in [0.2, 0.25) is 0 Å². The van der Waals surface area contributed by atoms with Crippen LogP contribution in [0.3, 0.4) is 0 Å². The first-order valence-corrected chi connectivity index (χ1v) is 8.89. The highest BCUT2D eigenvalue weighted by Crippen LogP contribution is 2.25. The number of nitrogens with zero attached hydrogens (tertiary/aromatic N) is 1.